The second-order valence-electron chi connectivity index (χ2n) is 6.30. The molecule has 0 aliphatic carbocycles. The van der Waals surface area contributed by atoms with Gasteiger partial charge in [-0.05, 0) is 32.1 Å². The number of carbonyl (C=O) groups excluding carboxylic acids is 1. The van der Waals surface area contributed by atoms with Gasteiger partial charge in [-0.3, -0.25) is 4.79 Å². The lowest BCUT2D eigenvalue weighted by atomic mass is 10.1. The number of esters is 1. The van der Waals surface area contributed by atoms with Crippen LogP contribution in [-0.4, -0.2) is 25.3 Å². The first-order valence-corrected chi connectivity index (χ1v) is 9.15. The van der Waals surface area contributed by atoms with Crippen molar-refractivity contribution in [2.24, 2.45) is 0 Å². The highest BCUT2D eigenvalue weighted by atomic mass is 16.6. The first-order chi connectivity index (χ1) is 10.8. The van der Waals surface area contributed by atoms with E-state index < -0.39 is 0 Å². The number of methoxy groups -OCH3 is 1. The predicted molar refractivity (Wildman–Crippen MR) is 90.9 cm³/mol. The number of hydrogen-bond acceptors (Lipinski definition) is 3. The van der Waals surface area contributed by atoms with Crippen LogP contribution in [0.2, 0.25) is 0 Å². The van der Waals surface area contributed by atoms with Crippen molar-refractivity contribution in [3.63, 3.8) is 0 Å². The summed E-state index contributed by atoms with van der Waals surface area (Å²) in [5.41, 5.74) is 0. The van der Waals surface area contributed by atoms with Crippen LogP contribution in [0.3, 0.4) is 0 Å². The molecule has 1 fully saturated rings. The first-order valence-electron chi connectivity index (χ1n) is 9.15. The zero-order valence-electron chi connectivity index (χ0n) is 14.5. The summed E-state index contributed by atoms with van der Waals surface area (Å²) in [6, 6.07) is 0. The summed E-state index contributed by atoms with van der Waals surface area (Å²) in [4.78, 5) is 10.9. The minimum absolute atomic E-state index is 0.0861. The van der Waals surface area contributed by atoms with E-state index in [0.717, 1.165) is 19.3 Å². The smallest absolute Gasteiger partial charge is 0.305 e. The molecule has 2 atom stereocenters. The fourth-order valence-corrected chi connectivity index (χ4v) is 2.75. The number of hydrogen-bond donors (Lipinski definition) is 0. The normalized spacial score (nSPS) is 20.5. The van der Waals surface area contributed by atoms with Crippen molar-refractivity contribution >= 4 is 5.97 Å². The summed E-state index contributed by atoms with van der Waals surface area (Å²) in [6.45, 7) is 2.24. The van der Waals surface area contributed by atoms with Gasteiger partial charge in [0.25, 0.3) is 0 Å². The van der Waals surface area contributed by atoms with Crippen LogP contribution in [0.1, 0.15) is 84.0 Å². The molecule has 0 N–H and O–H groups in total. The van der Waals surface area contributed by atoms with E-state index in [0.29, 0.717) is 18.6 Å². The fraction of sp³-hybridized carbons (Fsp3) is 0.842. The highest BCUT2D eigenvalue weighted by molar-refractivity contribution is 5.68. The van der Waals surface area contributed by atoms with Gasteiger partial charge in [0.1, 0.15) is 0 Å². The third kappa shape index (κ3) is 9.99. The average Bonchev–Trinajstić information content (AvgIpc) is 3.28. The van der Waals surface area contributed by atoms with Gasteiger partial charge in [0, 0.05) is 6.42 Å². The van der Waals surface area contributed by atoms with Crippen molar-refractivity contribution in [1.29, 1.82) is 0 Å². The molecule has 1 heterocycles. The van der Waals surface area contributed by atoms with Crippen LogP contribution in [0.15, 0.2) is 12.2 Å². The van der Waals surface area contributed by atoms with E-state index in [-0.39, 0.29) is 5.97 Å². The Labute approximate surface area is 136 Å². The maximum Gasteiger partial charge on any atom is 0.305 e. The SMILES string of the molecule is CCCCC/C=C\C[C@@H]1O[C@@H]1CCCCCCCC(=O)OC. The van der Waals surface area contributed by atoms with E-state index in [1.54, 1.807) is 0 Å². The van der Waals surface area contributed by atoms with Gasteiger partial charge in [0.15, 0.2) is 0 Å². The molecule has 0 spiro atoms. The largest absolute Gasteiger partial charge is 0.469 e. The van der Waals surface area contributed by atoms with Gasteiger partial charge in [-0.15, -0.1) is 0 Å². The van der Waals surface area contributed by atoms with Gasteiger partial charge >= 0.3 is 5.97 Å². The van der Waals surface area contributed by atoms with E-state index in [1.165, 1.54) is 58.5 Å². The number of epoxide rings is 1. The average molecular weight is 310 g/mol. The molecule has 0 bridgehead atoms. The number of rotatable bonds is 14. The highest BCUT2D eigenvalue weighted by Crippen LogP contribution is 2.30. The summed E-state index contributed by atoms with van der Waals surface area (Å²) in [5.74, 6) is -0.0861. The van der Waals surface area contributed by atoms with Crippen LogP contribution >= 0.6 is 0 Å². The third-order valence-electron chi connectivity index (χ3n) is 4.29. The molecule has 22 heavy (non-hydrogen) atoms. The van der Waals surface area contributed by atoms with E-state index in [4.69, 9.17) is 4.74 Å². The van der Waals surface area contributed by atoms with E-state index in [9.17, 15) is 4.79 Å². The lowest BCUT2D eigenvalue weighted by molar-refractivity contribution is -0.140. The number of carbonyl (C=O) groups is 1. The monoisotopic (exact) mass is 310 g/mol. The summed E-state index contributed by atoms with van der Waals surface area (Å²) < 4.78 is 10.3. The Kier molecular flexibility index (Phi) is 11.1. The minimum Gasteiger partial charge on any atom is -0.469 e. The summed E-state index contributed by atoms with van der Waals surface area (Å²) in [6.07, 6.45) is 19.4. The summed E-state index contributed by atoms with van der Waals surface area (Å²) >= 11 is 0. The van der Waals surface area contributed by atoms with Gasteiger partial charge in [0.05, 0.1) is 19.3 Å². The van der Waals surface area contributed by atoms with Crippen LogP contribution in [0.4, 0.5) is 0 Å². The lowest BCUT2D eigenvalue weighted by Gasteiger charge is -2.00. The molecule has 0 radical (unpaired) electrons. The standard InChI is InChI=1S/C19H34O3/c1-3-4-5-6-8-11-14-17-18(22-17)15-12-9-7-10-13-16-19(20)21-2/h8,11,17-18H,3-7,9-10,12-16H2,1-2H3/b11-8-/t17-,18+/m0/s1. The molecule has 0 aromatic heterocycles. The van der Waals surface area contributed by atoms with Crippen molar-refractivity contribution < 1.29 is 14.3 Å². The molecule has 1 aliphatic rings. The second-order valence-corrected chi connectivity index (χ2v) is 6.30. The topological polar surface area (TPSA) is 38.8 Å². The van der Waals surface area contributed by atoms with Crippen LogP contribution in [-0.2, 0) is 14.3 Å². The van der Waals surface area contributed by atoms with Crippen LogP contribution in [0, 0.1) is 0 Å². The zero-order valence-corrected chi connectivity index (χ0v) is 14.5. The molecule has 1 aliphatic heterocycles. The Morgan fingerprint density at radius 2 is 1.77 bits per heavy atom. The maximum atomic E-state index is 10.9. The van der Waals surface area contributed by atoms with Gasteiger partial charge in [-0.25, -0.2) is 0 Å². The zero-order chi connectivity index (χ0) is 16.0. The Hall–Kier alpha value is -0.830. The lowest BCUT2D eigenvalue weighted by Crippen LogP contribution is -1.99. The molecule has 1 rings (SSSR count). The van der Waals surface area contributed by atoms with E-state index in [2.05, 4.69) is 23.8 Å². The third-order valence-corrected chi connectivity index (χ3v) is 4.29. The molecule has 0 aromatic carbocycles. The van der Waals surface area contributed by atoms with Gasteiger partial charge in [-0.1, -0.05) is 57.6 Å². The van der Waals surface area contributed by atoms with Gasteiger partial charge in [-0.2, -0.15) is 0 Å². The summed E-state index contributed by atoms with van der Waals surface area (Å²) in [7, 11) is 1.45. The number of allylic oxidation sites excluding steroid dienone is 1. The Bertz CT molecular complexity index is 312. The van der Waals surface area contributed by atoms with Crippen molar-refractivity contribution in [2.45, 2.75) is 96.2 Å². The maximum absolute atomic E-state index is 10.9. The molecule has 0 saturated carbocycles. The van der Waals surface area contributed by atoms with Crippen molar-refractivity contribution in [3.8, 4) is 0 Å². The first kappa shape index (κ1) is 19.2. The number of unbranched alkanes of at least 4 members (excludes halogenated alkanes) is 7. The van der Waals surface area contributed by atoms with Crippen molar-refractivity contribution in [1.82, 2.24) is 0 Å². The highest BCUT2D eigenvalue weighted by Gasteiger charge is 2.36. The second kappa shape index (κ2) is 12.7. The molecule has 128 valence electrons. The predicted octanol–water partition coefficient (Wildman–Crippen LogP) is 5.18. The fourth-order valence-electron chi connectivity index (χ4n) is 2.75. The number of ether oxygens (including phenoxy) is 2. The van der Waals surface area contributed by atoms with Gasteiger partial charge in [0.2, 0.25) is 0 Å². The molecule has 3 nitrogen and oxygen atoms in total. The Morgan fingerprint density at radius 3 is 2.55 bits per heavy atom. The minimum atomic E-state index is -0.0861. The quantitative estimate of drug-likeness (QED) is 0.192. The molecule has 0 unspecified atom stereocenters. The summed E-state index contributed by atoms with van der Waals surface area (Å²) in [5, 5.41) is 0. The van der Waals surface area contributed by atoms with Crippen molar-refractivity contribution in [3.05, 3.63) is 12.2 Å². The molecule has 1 saturated heterocycles. The van der Waals surface area contributed by atoms with Crippen LogP contribution < -0.4 is 0 Å². The molecule has 0 aromatic rings. The Balaban J connectivity index is 1.83. The van der Waals surface area contributed by atoms with Crippen LogP contribution in [0.25, 0.3) is 0 Å². The molecule has 3 heteroatoms. The molecular formula is C19H34O3. The van der Waals surface area contributed by atoms with E-state index >= 15 is 0 Å². The Morgan fingerprint density at radius 1 is 1.00 bits per heavy atom. The van der Waals surface area contributed by atoms with E-state index in [1.807, 2.05) is 0 Å². The molecular weight excluding hydrogens is 276 g/mol. The molecule has 0 amide bonds. The van der Waals surface area contributed by atoms with Crippen LogP contribution in [0.5, 0.6) is 0 Å². The van der Waals surface area contributed by atoms with Crippen molar-refractivity contribution in [2.75, 3.05) is 7.11 Å². The van der Waals surface area contributed by atoms with Gasteiger partial charge < -0.3 is 9.47 Å².